The molecule has 0 aromatic rings. The molecular weight excluding hydrogens is 148 g/mol. The lowest BCUT2D eigenvalue weighted by atomic mass is 10.0. The highest BCUT2D eigenvalue weighted by Crippen LogP contribution is 2.33. The third kappa shape index (κ3) is 4.53. The summed E-state index contributed by atoms with van der Waals surface area (Å²) in [5.74, 6) is 2.07. The molecule has 0 aliphatic heterocycles. The minimum absolute atomic E-state index is 0.482. The summed E-state index contributed by atoms with van der Waals surface area (Å²) in [6.07, 6.45) is 6.64. The second-order valence-electron chi connectivity index (χ2n) is 4.45. The third-order valence-electron chi connectivity index (χ3n) is 2.53. The molecule has 0 unspecified atom stereocenters. The normalized spacial score (nSPS) is 16.9. The van der Waals surface area contributed by atoms with Crippen LogP contribution in [0.2, 0.25) is 0 Å². The molecular formula is C11H20O. The van der Waals surface area contributed by atoms with Crippen LogP contribution in [-0.4, -0.2) is 5.78 Å². The van der Waals surface area contributed by atoms with Crippen molar-refractivity contribution in [2.75, 3.05) is 0 Å². The molecule has 0 radical (unpaired) electrons. The first-order chi connectivity index (χ1) is 5.68. The van der Waals surface area contributed by atoms with Crippen molar-refractivity contribution in [2.45, 2.75) is 52.4 Å². The van der Waals surface area contributed by atoms with Gasteiger partial charge in [-0.25, -0.2) is 0 Å². The van der Waals surface area contributed by atoms with Gasteiger partial charge in [0.1, 0.15) is 5.78 Å². The van der Waals surface area contributed by atoms with Gasteiger partial charge in [0.15, 0.2) is 0 Å². The first-order valence-corrected chi connectivity index (χ1v) is 5.20. The Hall–Kier alpha value is -0.330. The van der Waals surface area contributed by atoms with Gasteiger partial charge in [0.2, 0.25) is 0 Å². The zero-order valence-corrected chi connectivity index (χ0v) is 8.31. The quantitative estimate of drug-likeness (QED) is 0.595. The summed E-state index contributed by atoms with van der Waals surface area (Å²) in [4.78, 5) is 11.3. The predicted octanol–water partition coefficient (Wildman–Crippen LogP) is 3.18. The summed E-state index contributed by atoms with van der Waals surface area (Å²) in [6, 6.07) is 0. The Labute approximate surface area is 75.5 Å². The molecule has 1 aliphatic carbocycles. The summed E-state index contributed by atoms with van der Waals surface area (Å²) in [5, 5.41) is 0. The van der Waals surface area contributed by atoms with E-state index in [1.165, 1.54) is 12.8 Å². The van der Waals surface area contributed by atoms with Crippen molar-refractivity contribution in [2.24, 2.45) is 11.8 Å². The minimum atomic E-state index is 0.482. The molecule has 0 heterocycles. The van der Waals surface area contributed by atoms with Gasteiger partial charge in [-0.3, -0.25) is 4.79 Å². The highest BCUT2D eigenvalue weighted by molar-refractivity contribution is 5.78. The lowest BCUT2D eigenvalue weighted by Crippen LogP contribution is -2.00. The fourth-order valence-electron chi connectivity index (χ4n) is 1.35. The molecule has 1 saturated carbocycles. The van der Waals surface area contributed by atoms with E-state index in [2.05, 4.69) is 13.8 Å². The number of carbonyl (C=O) groups is 1. The maximum atomic E-state index is 11.3. The monoisotopic (exact) mass is 168 g/mol. The molecule has 0 N–H and O–H groups in total. The fraction of sp³-hybridized carbons (Fsp3) is 0.909. The molecule has 70 valence electrons. The maximum absolute atomic E-state index is 11.3. The second kappa shape index (κ2) is 4.64. The van der Waals surface area contributed by atoms with Gasteiger partial charge < -0.3 is 0 Å². The summed E-state index contributed by atoms with van der Waals surface area (Å²) in [5.41, 5.74) is 0. The number of Topliss-reactive ketones (excluding diaryl/α,β-unsaturated/α-hetero) is 1. The number of hydrogen-bond donors (Lipinski definition) is 0. The molecule has 1 heteroatoms. The Bertz CT molecular complexity index is 137. The van der Waals surface area contributed by atoms with Crippen molar-refractivity contribution in [3.8, 4) is 0 Å². The summed E-state index contributed by atoms with van der Waals surface area (Å²) >= 11 is 0. The van der Waals surface area contributed by atoms with Gasteiger partial charge in [0, 0.05) is 12.8 Å². The molecule has 1 fully saturated rings. The molecule has 0 atom stereocenters. The maximum Gasteiger partial charge on any atom is 0.132 e. The Kier molecular flexibility index (Phi) is 3.77. The zero-order valence-electron chi connectivity index (χ0n) is 8.31. The van der Waals surface area contributed by atoms with Crippen LogP contribution in [0.1, 0.15) is 52.4 Å². The molecule has 1 aliphatic rings. The molecule has 0 spiro atoms. The van der Waals surface area contributed by atoms with E-state index in [1.54, 1.807) is 0 Å². The first kappa shape index (κ1) is 9.76. The number of rotatable bonds is 6. The van der Waals surface area contributed by atoms with Crippen molar-refractivity contribution in [1.82, 2.24) is 0 Å². The number of carbonyl (C=O) groups excluding carboxylic acids is 1. The van der Waals surface area contributed by atoms with Crippen LogP contribution in [-0.2, 0) is 4.79 Å². The van der Waals surface area contributed by atoms with Gasteiger partial charge >= 0.3 is 0 Å². The van der Waals surface area contributed by atoms with Gasteiger partial charge in [0.05, 0.1) is 0 Å². The molecule has 1 rings (SSSR count). The van der Waals surface area contributed by atoms with Crippen LogP contribution in [0.25, 0.3) is 0 Å². The molecule has 0 amide bonds. The van der Waals surface area contributed by atoms with E-state index in [0.717, 1.165) is 31.6 Å². The second-order valence-corrected chi connectivity index (χ2v) is 4.45. The molecule has 0 aromatic heterocycles. The Morgan fingerprint density at radius 3 is 2.50 bits per heavy atom. The molecule has 12 heavy (non-hydrogen) atoms. The van der Waals surface area contributed by atoms with Gasteiger partial charge in [-0.2, -0.15) is 0 Å². The average Bonchev–Trinajstić information content (AvgIpc) is 2.80. The fourth-order valence-corrected chi connectivity index (χ4v) is 1.35. The predicted molar refractivity (Wildman–Crippen MR) is 51.0 cm³/mol. The van der Waals surface area contributed by atoms with E-state index in [1.807, 2.05) is 0 Å². The topological polar surface area (TPSA) is 17.1 Å². The van der Waals surface area contributed by atoms with E-state index in [9.17, 15) is 4.79 Å². The van der Waals surface area contributed by atoms with E-state index in [4.69, 9.17) is 0 Å². The van der Waals surface area contributed by atoms with Crippen molar-refractivity contribution >= 4 is 5.78 Å². The van der Waals surface area contributed by atoms with E-state index < -0.39 is 0 Å². The summed E-state index contributed by atoms with van der Waals surface area (Å²) < 4.78 is 0. The van der Waals surface area contributed by atoms with E-state index in [0.29, 0.717) is 11.7 Å². The zero-order chi connectivity index (χ0) is 8.97. The SMILES string of the molecule is CC(C)CCC(=O)CCC1CC1. The Morgan fingerprint density at radius 1 is 1.33 bits per heavy atom. The summed E-state index contributed by atoms with van der Waals surface area (Å²) in [6.45, 7) is 4.35. The molecule has 0 saturated heterocycles. The Balaban J connectivity index is 1.95. The Morgan fingerprint density at radius 2 is 2.00 bits per heavy atom. The van der Waals surface area contributed by atoms with Crippen LogP contribution in [0.3, 0.4) is 0 Å². The highest BCUT2D eigenvalue weighted by Gasteiger charge is 2.21. The van der Waals surface area contributed by atoms with Gasteiger partial charge in [-0.1, -0.05) is 26.7 Å². The van der Waals surface area contributed by atoms with Gasteiger partial charge in [-0.05, 0) is 24.7 Å². The summed E-state index contributed by atoms with van der Waals surface area (Å²) in [7, 11) is 0. The molecule has 0 bridgehead atoms. The smallest absolute Gasteiger partial charge is 0.132 e. The van der Waals surface area contributed by atoms with Crippen molar-refractivity contribution in [3.63, 3.8) is 0 Å². The van der Waals surface area contributed by atoms with Crippen LogP contribution in [0.4, 0.5) is 0 Å². The van der Waals surface area contributed by atoms with Crippen molar-refractivity contribution in [1.29, 1.82) is 0 Å². The van der Waals surface area contributed by atoms with Crippen molar-refractivity contribution in [3.05, 3.63) is 0 Å². The number of hydrogen-bond acceptors (Lipinski definition) is 1. The molecule has 0 aromatic carbocycles. The van der Waals surface area contributed by atoms with E-state index >= 15 is 0 Å². The largest absolute Gasteiger partial charge is 0.300 e. The van der Waals surface area contributed by atoms with Gasteiger partial charge in [0.25, 0.3) is 0 Å². The highest BCUT2D eigenvalue weighted by atomic mass is 16.1. The first-order valence-electron chi connectivity index (χ1n) is 5.20. The number of ketones is 1. The average molecular weight is 168 g/mol. The van der Waals surface area contributed by atoms with E-state index in [-0.39, 0.29) is 0 Å². The van der Waals surface area contributed by atoms with Crippen LogP contribution in [0.15, 0.2) is 0 Å². The molecule has 1 nitrogen and oxygen atoms in total. The third-order valence-corrected chi connectivity index (χ3v) is 2.53. The minimum Gasteiger partial charge on any atom is -0.300 e. The van der Waals surface area contributed by atoms with Crippen LogP contribution >= 0.6 is 0 Å². The van der Waals surface area contributed by atoms with Crippen LogP contribution in [0.5, 0.6) is 0 Å². The standard InChI is InChI=1S/C11H20O/c1-9(2)3-7-11(12)8-6-10-4-5-10/h9-10H,3-8H2,1-2H3. The lowest BCUT2D eigenvalue weighted by molar-refractivity contribution is -0.119. The van der Waals surface area contributed by atoms with Gasteiger partial charge in [-0.15, -0.1) is 0 Å². The lowest BCUT2D eigenvalue weighted by Gasteiger charge is -2.02. The van der Waals surface area contributed by atoms with Crippen LogP contribution < -0.4 is 0 Å². The van der Waals surface area contributed by atoms with Crippen molar-refractivity contribution < 1.29 is 4.79 Å². The van der Waals surface area contributed by atoms with Crippen LogP contribution in [0, 0.1) is 11.8 Å².